The molecule has 1 aromatic rings. The number of ketones is 1. The van der Waals surface area contributed by atoms with Crippen LogP contribution in [0.2, 0.25) is 0 Å². The quantitative estimate of drug-likeness (QED) is 0.605. The van der Waals surface area contributed by atoms with Gasteiger partial charge in [0, 0.05) is 11.8 Å². The summed E-state index contributed by atoms with van der Waals surface area (Å²) in [6.45, 7) is 6.92. The Morgan fingerprint density at radius 2 is 1.94 bits per heavy atom. The predicted molar refractivity (Wildman–Crippen MR) is 74.1 cm³/mol. The van der Waals surface area contributed by atoms with Crippen LogP contribution >= 0.6 is 15.9 Å². The van der Waals surface area contributed by atoms with Crippen LogP contribution in [-0.4, -0.2) is 17.7 Å². The van der Waals surface area contributed by atoms with E-state index in [1.165, 1.54) is 0 Å². The molecule has 0 unspecified atom stereocenters. The average Bonchev–Trinajstić information content (AvgIpc) is 2.26. The molecule has 94 valence electrons. The minimum Gasteiger partial charge on any atom is -0.492 e. The molecule has 0 saturated carbocycles. The molecule has 0 radical (unpaired) electrons. The van der Waals surface area contributed by atoms with Gasteiger partial charge in [-0.3, -0.25) is 4.79 Å². The lowest BCUT2D eigenvalue weighted by Gasteiger charge is -2.20. The Kier molecular flexibility index (Phi) is 5.19. The molecule has 0 atom stereocenters. The summed E-state index contributed by atoms with van der Waals surface area (Å²) in [6.07, 6.45) is 0.496. The molecule has 0 aromatic heterocycles. The van der Waals surface area contributed by atoms with Crippen LogP contribution in [0.3, 0.4) is 0 Å². The van der Waals surface area contributed by atoms with Crippen LogP contribution in [-0.2, 0) is 0 Å². The number of carbonyl (C=O) groups excluding carboxylic acids is 1. The fraction of sp³-hybridized carbons (Fsp3) is 0.500. The standard InChI is InChI=1S/C14H19BrO2/c1-14(2,3)10-17-13-7-5-4-6-11(13)12(16)8-9-15/h4-7H,8-10H2,1-3H3. The molecule has 0 aliphatic heterocycles. The third kappa shape index (κ3) is 4.90. The van der Waals surface area contributed by atoms with Crippen molar-refractivity contribution < 1.29 is 9.53 Å². The highest BCUT2D eigenvalue weighted by Gasteiger charge is 2.15. The van der Waals surface area contributed by atoms with E-state index in [1.807, 2.05) is 24.3 Å². The highest BCUT2D eigenvalue weighted by molar-refractivity contribution is 9.09. The monoisotopic (exact) mass is 298 g/mol. The van der Waals surface area contributed by atoms with Gasteiger partial charge in [-0.25, -0.2) is 0 Å². The van der Waals surface area contributed by atoms with Gasteiger partial charge in [-0.1, -0.05) is 48.8 Å². The number of benzene rings is 1. The molecule has 0 heterocycles. The number of halogens is 1. The summed E-state index contributed by atoms with van der Waals surface area (Å²) in [5.74, 6) is 0.805. The van der Waals surface area contributed by atoms with Crippen molar-refractivity contribution in [3.8, 4) is 5.75 Å². The maximum Gasteiger partial charge on any atom is 0.167 e. The van der Waals surface area contributed by atoms with Crippen molar-refractivity contribution in [2.24, 2.45) is 5.41 Å². The van der Waals surface area contributed by atoms with E-state index in [1.54, 1.807) is 0 Å². The molecule has 0 amide bonds. The number of alkyl halides is 1. The van der Waals surface area contributed by atoms with Crippen LogP contribution in [0.4, 0.5) is 0 Å². The second kappa shape index (κ2) is 6.20. The van der Waals surface area contributed by atoms with E-state index in [4.69, 9.17) is 4.74 Å². The molecular weight excluding hydrogens is 280 g/mol. The van der Waals surface area contributed by atoms with Crippen LogP contribution in [0.15, 0.2) is 24.3 Å². The summed E-state index contributed by atoms with van der Waals surface area (Å²) < 4.78 is 5.73. The van der Waals surface area contributed by atoms with Crippen molar-refractivity contribution in [3.63, 3.8) is 0 Å². The highest BCUT2D eigenvalue weighted by atomic mass is 79.9. The Bertz CT molecular complexity index is 380. The summed E-state index contributed by atoms with van der Waals surface area (Å²) in [7, 11) is 0. The number of carbonyl (C=O) groups is 1. The smallest absolute Gasteiger partial charge is 0.167 e. The lowest BCUT2D eigenvalue weighted by atomic mass is 9.98. The van der Waals surface area contributed by atoms with Gasteiger partial charge in [-0.05, 0) is 17.5 Å². The topological polar surface area (TPSA) is 26.3 Å². The molecule has 0 bridgehead atoms. The number of hydrogen-bond donors (Lipinski definition) is 0. The Labute approximate surface area is 111 Å². The Morgan fingerprint density at radius 1 is 1.29 bits per heavy atom. The van der Waals surface area contributed by atoms with Gasteiger partial charge in [-0.2, -0.15) is 0 Å². The van der Waals surface area contributed by atoms with Gasteiger partial charge in [0.25, 0.3) is 0 Å². The molecule has 3 heteroatoms. The fourth-order valence-electron chi connectivity index (χ4n) is 1.34. The summed E-state index contributed by atoms with van der Waals surface area (Å²) >= 11 is 3.28. The van der Waals surface area contributed by atoms with Crippen LogP contribution in [0.25, 0.3) is 0 Å². The molecular formula is C14H19BrO2. The van der Waals surface area contributed by atoms with Crippen molar-refractivity contribution in [2.75, 3.05) is 11.9 Å². The summed E-state index contributed by atoms with van der Waals surface area (Å²) in [5, 5.41) is 0.680. The third-order valence-electron chi connectivity index (χ3n) is 2.17. The number of rotatable bonds is 5. The van der Waals surface area contributed by atoms with E-state index in [-0.39, 0.29) is 11.2 Å². The number of para-hydroxylation sites is 1. The van der Waals surface area contributed by atoms with Gasteiger partial charge in [0.1, 0.15) is 5.75 Å². The molecule has 17 heavy (non-hydrogen) atoms. The minimum absolute atomic E-state index is 0.0889. The number of hydrogen-bond acceptors (Lipinski definition) is 2. The fourth-order valence-corrected chi connectivity index (χ4v) is 1.70. The van der Waals surface area contributed by atoms with Crippen molar-refractivity contribution in [1.82, 2.24) is 0 Å². The van der Waals surface area contributed by atoms with Gasteiger partial charge < -0.3 is 4.74 Å². The van der Waals surface area contributed by atoms with Crippen LogP contribution in [0.5, 0.6) is 5.75 Å². The normalized spacial score (nSPS) is 11.3. The molecule has 0 N–H and O–H groups in total. The maximum atomic E-state index is 11.9. The first-order valence-corrected chi connectivity index (χ1v) is 6.87. The molecule has 2 nitrogen and oxygen atoms in total. The van der Waals surface area contributed by atoms with E-state index in [2.05, 4.69) is 36.7 Å². The zero-order valence-corrected chi connectivity index (χ0v) is 12.2. The Balaban J connectivity index is 2.81. The average molecular weight is 299 g/mol. The van der Waals surface area contributed by atoms with Gasteiger partial charge in [0.05, 0.1) is 12.2 Å². The van der Waals surface area contributed by atoms with Crippen LogP contribution in [0, 0.1) is 5.41 Å². The largest absolute Gasteiger partial charge is 0.492 e. The number of Topliss-reactive ketones (excluding diaryl/α,β-unsaturated/α-hetero) is 1. The van der Waals surface area contributed by atoms with Gasteiger partial charge in [0.15, 0.2) is 5.78 Å². The van der Waals surface area contributed by atoms with Gasteiger partial charge in [0.2, 0.25) is 0 Å². The lowest BCUT2D eigenvalue weighted by molar-refractivity contribution is 0.0983. The van der Waals surface area contributed by atoms with E-state index < -0.39 is 0 Å². The van der Waals surface area contributed by atoms with Crippen molar-refractivity contribution in [1.29, 1.82) is 0 Å². The van der Waals surface area contributed by atoms with Gasteiger partial charge in [-0.15, -0.1) is 0 Å². The van der Waals surface area contributed by atoms with E-state index in [0.717, 1.165) is 0 Å². The maximum absolute atomic E-state index is 11.9. The SMILES string of the molecule is CC(C)(C)COc1ccccc1C(=O)CCBr. The van der Waals surface area contributed by atoms with Crippen molar-refractivity contribution in [3.05, 3.63) is 29.8 Å². The zero-order chi connectivity index (χ0) is 12.9. The number of ether oxygens (including phenoxy) is 1. The molecule has 1 rings (SSSR count). The second-order valence-corrected chi connectivity index (χ2v) is 6.00. The lowest BCUT2D eigenvalue weighted by Crippen LogP contribution is -2.18. The molecule has 0 aliphatic carbocycles. The Hall–Kier alpha value is -0.830. The van der Waals surface area contributed by atoms with Crippen LogP contribution in [0.1, 0.15) is 37.6 Å². The Morgan fingerprint density at radius 3 is 2.53 bits per heavy atom. The molecule has 0 saturated heterocycles. The first kappa shape index (κ1) is 14.2. The van der Waals surface area contributed by atoms with E-state index in [0.29, 0.717) is 29.7 Å². The second-order valence-electron chi connectivity index (χ2n) is 5.21. The van der Waals surface area contributed by atoms with E-state index in [9.17, 15) is 4.79 Å². The zero-order valence-electron chi connectivity index (χ0n) is 10.6. The minimum atomic E-state index is 0.0889. The summed E-state index contributed by atoms with van der Waals surface area (Å²) in [5.41, 5.74) is 0.766. The molecule has 0 spiro atoms. The molecule has 0 fully saturated rings. The first-order valence-electron chi connectivity index (χ1n) is 5.75. The predicted octanol–water partition coefficient (Wildman–Crippen LogP) is 4.08. The highest BCUT2D eigenvalue weighted by Crippen LogP contribution is 2.23. The summed E-state index contributed by atoms with van der Waals surface area (Å²) in [6, 6.07) is 7.44. The van der Waals surface area contributed by atoms with Crippen LogP contribution < -0.4 is 4.74 Å². The van der Waals surface area contributed by atoms with Crippen molar-refractivity contribution >= 4 is 21.7 Å². The molecule has 1 aromatic carbocycles. The van der Waals surface area contributed by atoms with Gasteiger partial charge >= 0.3 is 0 Å². The van der Waals surface area contributed by atoms with Crippen molar-refractivity contribution in [2.45, 2.75) is 27.2 Å². The first-order chi connectivity index (χ1) is 7.94. The summed E-state index contributed by atoms with van der Waals surface area (Å²) in [4.78, 5) is 11.9. The third-order valence-corrected chi connectivity index (χ3v) is 2.57. The van der Waals surface area contributed by atoms with E-state index >= 15 is 0 Å². The molecule has 0 aliphatic rings.